The number of aliphatic imine (C=N–C) groups is 1. The first-order chi connectivity index (χ1) is 10.5. The highest BCUT2D eigenvalue weighted by atomic mass is 19.4. The van der Waals surface area contributed by atoms with Gasteiger partial charge in [-0.2, -0.15) is 13.2 Å². The predicted octanol–water partition coefficient (Wildman–Crippen LogP) is 2.66. The smallest absolute Gasteiger partial charge is 0.419 e. The molecule has 122 valence electrons. The van der Waals surface area contributed by atoms with Gasteiger partial charge in [0.1, 0.15) is 12.4 Å². The van der Waals surface area contributed by atoms with Gasteiger partial charge in [-0.15, -0.1) is 0 Å². The second-order valence-electron chi connectivity index (χ2n) is 5.17. The summed E-state index contributed by atoms with van der Waals surface area (Å²) in [5, 5.41) is 6.18. The first kappa shape index (κ1) is 16.5. The van der Waals surface area contributed by atoms with Crippen molar-refractivity contribution in [2.45, 2.75) is 19.0 Å². The number of nitrogens with zero attached hydrogens (tertiary/aromatic N) is 1. The van der Waals surface area contributed by atoms with E-state index in [-0.39, 0.29) is 12.4 Å². The molecule has 4 nitrogen and oxygen atoms in total. The van der Waals surface area contributed by atoms with E-state index in [2.05, 4.69) is 15.6 Å². The fraction of sp³-hybridized carbons (Fsp3) is 0.533. The van der Waals surface area contributed by atoms with E-state index in [9.17, 15) is 13.2 Å². The lowest BCUT2D eigenvalue weighted by atomic mass is 10.2. The summed E-state index contributed by atoms with van der Waals surface area (Å²) in [6.07, 6.45) is -1.94. The molecule has 0 saturated heterocycles. The number of hydrogen-bond acceptors (Lipinski definition) is 2. The minimum atomic E-state index is -4.41. The minimum absolute atomic E-state index is 0.122. The van der Waals surface area contributed by atoms with Crippen molar-refractivity contribution >= 4 is 5.96 Å². The van der Waals surface area contributed by atoms with Crippen LogP contribution in [0, 0.1) is 5.92 Å². The Balaban J connectivity index is 1.76. The van der Waals surface area contributed by atoms with Crippen LogP contribution in [-0.4, -0.2) is 32.7 Å². The lowest BCUT2D eigenvalue weighted by molar-refractivity contribution is -0.138. The Kier molecular flexibility index (Phi) is 5.51. The molecular formula is C15H20F3N3O. The van der Waals surface area contributed by atoms with E-state index >= 15 is 0 Å². The number of nitrogens with one attached hydrogen (secondary N) is 2. The molecule has 0 amide bonds. The molecule has 1 saturated carbocycles. The van der Waals surface area contributed by atoms with Gasteiger partial charge in [-0.25, -0.2) is 0 Å². The van der Waals surface area contributed by atoms with Gasteiger partial charge in [0.25, 0.3) is 0 Å². The van der Waals surface area contributed by atoms with E-state index in [1.165, 1.54) is 31.0 Å². The number of ether oxygens (including phenoxy) is 1. The van der Waals surface area contributed by atoms with Gasteiger partial charge in [-0.3, -0.25) is 4.99 Å². The third-order valence-corrected chi connectivity index (χ3v) is 3.32. The topological polar surface area (TPSA) is 45.7 Å². The highest BCUT2D eigenvalue weighted by Crippen LogP contribution is 2.35. The standard InChI is InChI=1S/C15H20F3N3O/c1-19-14(21-10-11-6-7-11)20-8-9-22-13-5-3-2-4-12(13)15(16,17)18/h2-5,11H,6-10H2,1H3,(H2,19,20,21). The Morgan fingerprint density at radius 3 is 2.64 bits per heavy atom. The van der Waals surface area contributed by atoms with Crippen molar-refractivity contribution in [2.24, 2.45) is 10.9 Å². The first-order valence-corrected chi connectivity index (χ1v) is 7.24. The lowest BCUT2D eigenvalue weighted by Crippen LogP contribution is -2.40. The minimum Gasteiger partial charge on any atom is -0.491 e. The molecule has 0 atom stereocenters. The fourth-order valence-corrected chi connectivity index (χ4v) is 1.94. The van der Waals surface area contributed by atoms with Crippen LogP contribution in [0.3, 0.4) is 0 Å². The summed E-state index contributed by atoms with van der Waals surface area (Å²) < 4.78 is 43.6. The molecule has 0 bridgehead atoms. The third-order valence-electron chi connectivity index (χ3n) is 3.32. The molecule has 1 aliphatic carbocycles. The maximum absolute atomic E-state index is 12.8. The van der Waals surface area contributed by atoms with Crippen molar-refractivity contribution in [1.29, 1.82) is 0 Å². The molecular weight excluding hydrogens is 295 g/mol. The molecule has 0 spiro atoms. The second-order valence-corrected chi connectivity index (χ2v) is 5.17. The molecule has 1 aromatic carbocycles. The Morgan fingerprint density at radius 1 is 1.27 bits per heavy atom. The van der Waals surface area contributed by atoms with E-state index in [0.29, 0.717) is 18.4 Å². The summed E-state index contributed by atoms with van der Waals surface area (Å²) in [6, 6.07) is 5.20. The van der Waals surface area contributed by atoms with Crippen LogP contribution in [0.2, 0.25) is 0 Å². The van der Waals surface area contributed by atoms with E-state index in [0.717, 1.165) is 12.6 Å². The molecule has 1 fully saturated rings. The molecule has 2 N–H and O–H groups in total. The number of benzene rings is 1. The molecule has 1 aliphatic rings. The number of guanidine groups is 1. The van der Waals surface area contributed by atoms with E-state index in [1.54, 1.807) is 7.05 Å². The largest absolute Gasteiger partial charge is 0.491 e. The van der Waals surface area contributed by atoms with Crippen LogP contribution >= 0.6 is 0 Å². The van der Waals surface area contributed by atoms with Crippen molar-refractivity contribution in [2.75, 3.05) is 26.7 Å². The molecule has 2 rings (SSSR count). The van der Waals surface area contributed by atoms with Crippen molar-refractivity contribution < 1.29 is 17.9 Å². The van der Waals surface area contributed by atoms with Crippen molar-refractivity contribution in [1.82, 2.24) is 10.6 Å². The maximum Gasteiger partial charge on any atom is 0.419 e. The fourth-order valence-electron chi connectivity index (χ4n) is 1.94. The molecule has 0 aromatic heterocycles. The molecule has 0 aliphatic heterocycles. The number of halogens is 3. The zero-order valence-corrected chi connectivity index (χ0v) is 12.4. The van der Waals surface area contributed by atoms with Crippen LogP contribution in [0.4, 0.5) is 13.2 Å². The highest BCUT2D eigenvalue weighted by Gasteiger charge is 2.33. The zero-order valence-electron chi connectivity index (χ0n) is 12.4. The van der Waals surface area contributed by atoms with Crippen LogP contribution < -0.4 is 15.4 Å². The summed E-state index contributed by atoms with van der Waals surface area (Å²) in [5.41, 5.74) is -0.758. The van der Waals surface area contributed by atoms with Gasteiger partial charge in [0.2, 0.25) is 0 Å². The Hall–Kier alpha value is -1.92. The lowest BCUT2D eigenvalue weighted by Gasteiger charge is -2.15. The molecule has 0 radical (unpaired) electrons. The molecule has 0 heterocycles. The van der Waals surface area contributed by atoms with Crippen LogP contribution in [0.15, 0.2) is 29.3 Å². The average Bonchev–Trinajstić information content (AvgIpc) is 3.30. The number of para-hydroxylation sites is 1. The Bertz CT molecular complexity index is 513. The normalized spacial score (nSPS) is 15.5. The first-order valence-electron chi connectivity index (χ1n) is 7.24. The number of hydrogen-bond donors (Lipinski definition) is 2. The molecule has 0 unspecified atom stereocenters. The predicted molar refractivity (Wildman–Crippen MR) is 79.0 cm³/mol. The van der Waals surface area contributed by atoms with E-state index in [4.69, 9.17) is 4.74 Å². The van der Waals surface area contributed by atoms with E-state index in [1.807, 2.05) is 0 Å². The monoisotopic (exact) mass is 315 g/mol. The summed E-state index contributed by atoms with van der Waals surface area (Å²) in [6.45, 7) is 1.37. The van der Waals surface area contributed by atoms with E-state index < -0.39 is 11.7 Å². The van der Waals surface area contributed by atoms with Crippen LogP contribution in [-0.2, 0) is 6.18 Å². The average molecular weight is 315 g/mol. The second kappa shape index (κ2) is 7.38. The van der Waals surface area contributed by atoms with Crippen molar-refractivity contribution in [3.05, 3.63) is 29.8 Å². The van der Waals surface area contributed by atoms with Crippen LogP contribution in [0.25, 0.3) is 0 Å². The zero-order chi connectivity index (χ0) is 16.0. The Labute approximate surface area is 127 Å². The highest BCUT2D eigenvalue weighted by molar-refractivity contribution is 5.79. The molecule has 7 heteroatoms. The number of rotatable bonds is 6. The molecule has 22 heavy (non-hydrogen) atoms. The summed E-state index contributed by atoms with van der Waals surface area (Å²) in [4.78, 5) is 4.05. The molecule has 1 aromatic rings. The van der Waals surface area contributed by atoms with Gasteiger partial charge in [-0.1, -0.05) is 12.1 Å². The maximum atomic E-state index is 12.8. The SMILES string of the molecule is CN=C(NCCOc1ccccc1C(F)(F)F)NCC1CC1. The van der Waals surface area contributed by atoms with Crippen LogP contribution in [0.1, 0.15) is 18.4 Å². The van der Waals surface area contributed by atoms with Crippen LogP contribution in [0.5, 0.6) is 5.75 Å². The summed E-state index contributed by atoms with van der Waals surface area (Å²) in [7, 11) is 1.65. The van der Waals surface area contributed by atoms with Crippen molar-refractivity contribution in [3.63, 3.8) is 0 Å². The van der Waals surface area contributed by atoms with Gasteiger partial charge >= 0.3 is 6.18 Å². The van der Waals surface area contributed by atoms with Gasteiger partial charge in [0.15, 0.2) is 5.96 Å². The van der Waals surface area contributed by atoms with Gasteiger partial charge in [0.05, 0.1) is 12.1 Å². The summed E-state index contributed by atoms with van der Waals surface area (Å²) >= 11 is 0. The summed E-state index contributed by atoms with van der Waals surface area (Å²) in [5.74, 6) is 1.20. The number of alkyl halides is 3. The Morgan fingerprint density at radius 2 is 2.00 bits per heavy atom. The van der Waals surface area contributed by atoms with Gasteiger partial charge in [-0.05, 0) is 30.9 Å². The van der Waals surface area contributed by atoms with Gasteiger partial charge < -0.3 is 15.4 Å². The quantitative estimate of drug-likeness (QED) is 0.482. The van der Waals surface area contributed by atoms with Gasteiger partial charge in [0, 0.05) is 13.6 Å². The van der Waals surface area contributed by atoms with Crippen molar-refractivity contribution in [3.8, 4) is 5.75 Å². The third kappa shape index (κ3) is 5.13.